The Bertz CT molecular complexity index is 771. The van der Waals surface area contributed by atoms with Gasteiger partial charge in [-0.25, -0.2) is 4.79 Å². The predicted molar refractivity (Wildman–Crippen MR) is 117 cm³/mol. The van der Waals surface area contributed by atoms with E-state index in [0.717, 1.165) is 51.0 Å². The Morgan fingerprint density at radius 2 is 1.93 bits per heavy atom. The molecular formula is C24H36N2O4. The number of nitrogens with zero attached hydrogens (tertiary/aromatic N) is 2. The average Bonchev–Trinajstić information content (AvgIpc) is 2.88. The topological polar surface area (TPSA) is 70.1 Å². The fourth-order valence-electron chi connectivity index (χ4n) is 4.87. The molecule has 2 saturated heterocycles. The summed E-state index contributed by atoms with van der Waals surface area (Å²) in [5.74, 6) is 0.380. The molecule has 2 aliphatic heterocycles. The summed E-state index contributed by atoms with van der Waals surface area (Å²) in [7, 11) is 0. The number of likely N-dealkylation sites (tertiary alicyclic amines) is 2. The normalized spacial score (nSPS) is 22.9. The molecule has 2 heterocycles. The summed E-state index contributed by atoms with van der Waals surface area (Å²) >= 11 is 0. The molecule has 2 fully saturated rings. The van der Waals surface area contributed by atoms with Crippen LogP contribution >= 0.6 is 0 Å². The van der Waals surface area contributed by atoms with Crippen LogP contribution in [0, 0.1) is 5.92 Å². The van der Waals surface area contributed by atoms with E-state index in [0.29, 0.717) is 17.7 Å². The molecule has 3 rings (SSSR count). The maximum Gasteiger partial charge on any atom is 0.341 e. The van der Waals surface area contributed by atoms with Crippen LogP contribution in [0.25, 0.3) is 0 Å². The molecular weight excluding hydrogens is 380 g/mol. The molecule has 2 aliphatic rings. The van der Waals surface area contributed by atoms with Gasteiger partial charge in [-0.3, -0.25) is 9.69 Å². The van der Waals surface area contributed by atoms with Gasteiger partial charge in [0.2, 0.25) is 5.91 Å². The Balaban J connectivity index is 1.77. The van der Waals surface area contributed by atoms with E-state index < -0.39 is 5.97 Å². The SMILES string of the molecule is CC(=O)N1CCCC[C@H]2CN(Cc3cc(C(C)(C)C)ccc3OCC(=O)O)CC[C@H]21. The van der Waals surface area contributed by atoms with Gasteiger partial charge in [-0.2, -0.15) is 0 Å². The molecule has 166 valence electrons. The standard InChI is InChI=1S/C24H36N2O4/c1-17(27)26-11-6-5-7-18-14-25(12-10-21(18)26)15-19-13-20(24(2,3)4)8-9-22(19)30-16-23(28)29/h8-9,13,18,21H,5-7,10-12,14-16H2,1-4H3,(H,28,29)/t18-,21+/m0/s1. The highest BCUT2D eigenvalue weighted by Crippen LogP contribution is 2.33. The summed E-state index contributed by atoms with van der Waals surface area (Å²) in [4.78, 5) is 27.7. The third-order valence-corrected chi connectivity index (χ3v) is 6.48. The largest absolute Gasteiger partial charge is 0.482 e. The molecule has 0 saturated carbocycles. The molecule has 6 heteroatoms. The van der Waals surface area contributed by atoms with E-state index >= 15 is 0 Å². The minimum absolute atomic E-state index is 0.0103. The zero-order chi connectivity index (χ0) is 21.9. The quantitative estimate of drug-likeness (QED) is 0.793. The number of hydrogen-bond donors (Lipinski definition) is 1. The van der Waals surface area contributed by atoms with E-state index in [1.807, 2.05) is 12.1 Å². The van der Waals surface area contributed by atoms with Crippen LogP contribution in [0.5, 0.6) is 5.75 Å². The predicted octanol–water partition coefficient (Wildman–Crippen LogP) is 3.67. The molecule has 0 aliphatic carbocycles. The zero-order valence-corrected chi connectivity index (χ0v) is 18.8. The molecule has 6 nitrogen and oxygen atoms in total. The molecule has 0 radical (unpaired) electrons. The fourth-order valence-corrected chi connectivity index (χ4v) is 4.87. The fraction of sp³-hybridized carbons (Fsp3) is 0.667. The number of carboxylic acids is 1. The summed E-state index contributed by atoms with van der Waals surface area (Å²) in [5, 5.41) is 9.03. The number of hydrogen-bond acceptors (Lipinski definition) is 4. The number of rotatable bonds is 5. The van der Waals surface area contributed by atoms with Crippen LogP contribution in [0.1, 0.15) is 64.5 Å². The van der Waals surface area contributed by atoms with Gasteiger partial charge in [0.1, 0.15) is 5.75 Å². The van der Waals surface area contributed by atoms with E-state index in [1.54, 1.807) is 6.92 Å². The van der Waals surface area contributed by atoms with E-state index in [2.05, 4.69) is 36.6 Å². The number of amides is 1. The van der Waals surface area contributed by atoms with Crippen LogP contribution in [0.2, 0.25) is 0 Å². The number of carbonyl (C=O) groups is 2. The van der Waals surface area contributed by atoms with Crippen LogP contribution in [0.3, 0.4) is 0 Å². The van der Waals surface area contributed by atoms with Crippen molar-refractivity contribution in [2.75, 3.05) is 26.2 Å². The lowest BCUT2D eigenvalue weighted by Crippen LogP contribution is -2.51. The molecule has 0 unspecified atom stereocenters. The summed E-state index contributed by atoms with van der Waals surface area (Å²) in [6.07, 6.45) is 4.42. The van der Waals surface area contributed by atoms with Gasteiger partial charge in [-0.1, -0.05) is 39.3 Å². The lowest BCUT2D eigenvalue weighted by molar-refractivity contribution is -0.139. The van der Waals surface area contributed by atoms with Crippen molar-refractivity contribution in [2.24, 2.45) is 5.92 Å². The van der Waals surface area contributed by atoms with Crippen molar-refractivity contribution in [2.45, 2.75) is 71.4 Å². The van der Waals surface area contributed by atoms with E-state index in [-0.39, 0.29) is 17.9 Å². The number of piperidine rings is 1. The van der Waals surface area contributed by atoms with Crippen LogP contribution in [0.15, 0.2) is 18.2 Å². The first-order chi connectivity index (χ1) is 14.1. The molecule has 1 amide bonds. The van der Waals surface area contributed by atoms with Gasteiger partial charge in [-0.05, 0) is 42.2 Å². The minimum Gasteiger partial charge on any atom is -0.482 e. The maximum absolute atomic E-state index is 12.1. The van der Waals surface area contributed by atoms with Crippen molar-refractivity contribution in [3.63, 3.8) is 0 Å². The molecule has 30 heavy (non-hydrogen) atoms. The second-order valence-corrected chi connectivity index (χ2v) is 9.81. The Hall–Kier alpha value is -2.08. The number of carboxylic acid groups (broad SMARTS) is 1. The number of aliphatic carboxylic acids is 1. The summed E-state index contributed by atoms with van der Waals surface area (Å²) in [6, 6.07) is 6.46. The third kappa shape index (κ3) is 5.54. The summed E-state index contributed by atoms with van der Waals surface area (Å²) in [6.45, 7) is 11.4. The monoisotopic (exact) mass is 416 g/mol. The summed E-state index contributed by atoms with van der Waals surface area (Å²) < 4.78 is 5.60. The average molecular weight is 417 g/mol. The van der Waals surface area contributed by atoms with E-state index in [4.69, 9.17) is 9.84 Å². The van der Waals surface area contributed by atoms with Crippen molar-refractivity contribution in [1.29, 1.82) is 0 Å². The maximum atomic E-state index is 12.1. The lowest BCUT2D eigenvalue weighted by Gasteiger charge is -2.42. The Labute approximate surface area is 180 Å². The summed E-state index contributed by atoms with van der Waals surface area (Å²) in [5.41, 5.74) is 2.27. The molecule has 0 bridgehead atoms. The highest BCUT2D eigenvalue weighted by molar-refractivity contribution is 5.73. The molecule has 0 aromatic heterocycles. The van der Waals surface area contributed by atoms with Gasteiger partial charge in [0, 0.05) is 44.7 Å². The van der Waals surface area contributed by atoms with Crippen LogP contribution < -0.4 is 4.74 Å². The van der Waals surface area contributed by atoms with Gasteiger partial charge in [0.15, 0.2) is 6.61 Å². The number of ether oxygens (including phenoxy) is 1. The van der Waals surface area contributed by atoms with Crippen LogP contribution in [-0.4, -0.2) is 59.1 Å². The number of fused-ring (bicyclic) bond motifs is 1. The van der Waals surface area contributed by atoms with Gasteiger partial charge in [0.25, 0.3) is 0 Å². The minimum atomic E-state index is -0.968. The highest BCUT2D eigenvalue weighted by atomic mass is 16.5. The Morgan fingerprint density at radius 1 is 1.17 bits per heavy atom. The van der Waals surface area contributed by atoms with Gasteiger partial charge in [-0.15, -0.1) is 0 Å². The van der Waals surface area contributed by atoms with Crippen LogP contribution in [-0.2, 0) is 21.5 Å². The molecule has 1 N–H and O–H groups in total. The second-order valence-electron chi connectivity index (χ2n) is 9.81. The van der Waals surface area contributed by atoms with Crippen molar-refractivity contribution in [3.8, 4) is 5.75 Å². The Kier molecular flexibility index (Phi) is 7.06. The smallest absolute Gasteiger partial charge is 0.341 e. The Morgan fingerprint density at radius 3 is 2.60 bits per heavy atom. The molecule has 1 aromatic carbocycles. The van der Waals surface area contributed by atoms with Crippen molar-refractivity contribution >= 4 is 11.9 Å². The van der Waals surface area contributed by atoms with E-state index in [9.17, 15) is 9.59 Å². The third-order valence-electron chi connectivity index (χ3n) is 6.48. The lowest BCUT2D eigenvalue weighted by atomic mass is 9.85. The van der Waals surface area contributed by atoms with Crippen molar-refractivity contribution < 1.29 is 19.4 Å². The number of benzene rings is 1. The molecule has 0 spiro atoms. The van der Waals surface area contributed by atoms with Gasteiger partial charge in [0.05, 0.1) is 0 Å². The molecule has 1 aromatic rings. The number of carbonyl (C=O) groups excluding carboxylic acids is 1. The zero-order valence-electron chi connectivity index (χ0n) is 18.8. The first-order valence-electron chi connectivity index (χ1n) is 11.1. The van der Waals surface area contributed by atoms with E-state index in [1.165, 1.54) is 12.0 Å². The first-order valence-corrected chi connectivity index (χ1v) is 11.1. The van der Waals surface area contributed by atoms with Crippen molar-refractivity contribution in [1.82, 2.24) is 9.80 Å². The van der Waals surface area contributed by atoms with Crippen LogP contribution in [0.4, 0.5) is 0 Å². The molecule has 2 atom stereocenters. The van der Waals surface area contributed by atoms with Gasteiger partial charge >= 0.3 is 5.97 Å². The highest BCUT2D eigenvalue weighted by Gasteiger charge is 2.36. The van der Waals surface area contributed by atoms with Crippen molar-refractivity contribution in [3.05, 3.63) is 29.3 Å². The second kappa shape index (κ2) is 9.38. The van der Waals surface area contributed by atoms with Gasteiger partial charge < -0.3 is 14.7 Å². The first kappa shape index (κ1) is 22.6.